The maximum Gasteiger partial charge on any atom is 0.137 e. The fourth-order valence-electron chi connectivity index (χ4n) is 2.90. The van der Waals surface area contributed by atoms with Crippen LogP contribution in [0.5, 0.6) is 0 Å². The molecule has 1 N–H and O–H groups in total. The molecule has 0 spiro atoms. The molecule has 1 atom stereocenters. The number of nitrogens with one attached hydrogen (secondary N) is 1. The number of hydrogen-bond donors (Lipinski definition) is 1. The molecule has 0 amide bonds. The van der Waals surface area contributed by atoms with Gasteiger partial charge in [-0.1, -0.05) is 18.6 Å². The lowest BCUT2D eigenvalue weighted by atomic mass is 9.98. The smallest absolute Gasteiger partial charge is 0.137 e. The minimum absolute atomic E-state index is 0. The summed E-state index contributed by atoms with van der Waals surface area (Å²) < 4.78 is 14.4. The number of hydrogen-bond acceptors (Lipinski definition) is 2. The third-order valence-corrected chi connectivity index (χ3v) is 4.70. The molecule has 1 saturated heterocycles. The molecule has 1 aromatic rings. The van der Waals surface area contributed by atoms with Crippen LogP contribution < -0.4 is 5.32 Å². The van der Waals surface area contributed by atoms with Crippen molar-refractivity contribution < 1.29 is 4.39 Å². The SMILES string of the molecule is C=CCCCC[C@@H](c1ccc(Br)c(F)c1)N1CCNCC1.Cl. The second-order valence-corrected chi connectivity index (χ2v) is 6.40. The van der Waals surface area contributed by atoms with E-state index in [4.69, 9.17) is 0 Å². The monoisotopic (exact) mass is 390 g/mol. The van der Waals surface area contributed by atoms with Gasteiger partial charge in [-0.15, -0.1) is 19.0 Å². The molecule has 0 radical (unpaired) electrons. The molecule has 22 heavy (non-hydrogen) atoms. The van der Waals surface area contributed by atoms with E-state index in [9.17, 15) is 4.39 Å². The molecule has 0 bridgehead atoms. The van der Waals surface area contributed by atoms with Gasteiger partial charge in [-0.2, -0.15) is 0 Å². The van der Waals surface area contributed by atoms with Gasteiger partial charge in [0.1, 0.15) is 5.82 Å². The van der Waals surface area contributed by atoms with Crippen molar-refractivity contribution in [2.45, 2.75) is 31.7 Å². The van der Waals surface area contributed by atoms with Crippen LogP contribution in [0, 0.1) is 5.82 Å². The third kappa shape index (κ3) is 5.65. The van der Waals surface area contributed by atoms with E-state index in [0.29, 0.717) is 10.5 Å². The topological polar surface area (TPSA) is 15.3 Å². The molecule has 0 saturated carbocycles. The van der Waals surface area contributed by atoms with Crippen LogP contribution in [0.1, 0.15) is 37.3 Å². The normalized spacial score (nSPS) is 16.8. The molecule has 0 aliphatic carbocycles. The Hall–Kier alpha value is -0.420. The van der Waals surface area contributed by atoms with Gasteiger partial charge in [0.2, 0.25) is 0 Å². The maximum absolute atomic E-state index is 13.9. The minimum atomic E-state index is -0.168. The van der Waals surface area contributed by atoms with Crippen LogP contribution in [-0.2, 0) is 0 Å². The standard InChI is InChI=1S/C17H24BrFN2.ClH/c1-2-3-4-5-6-17(21-11-9-20-10-12-21)14-7-8-15(18)16(19)13-14;/h2,7-8,13,17,20H,1,3-6,9-12H2;1H/t17-;/m0./s1. The highest BCUT2D eigenvalue weighted by atomic mass is 79.9. The quantitative estimate of drug-likeness (QED) is 0.535. The predicted octanol–water partition coefficient (Wildman–Crippen LogP) is 4.70. The van der Waals surface area contributed by atoms with Crippen molar-refractivity contribution in [3.05, 3.63) is 46.7 Å². The van der Waals surface area contributed by atoms with E-state index >= 15 is 0 Å². The molecule has 0 aromatic heterocycles. The van der Waals surface area contributed by atoms with Gasteiger partial charge >= 0.3 is 0 Å². The molecule has 1 fully saturated rings. The Balaban J connectivity index is 0.00000242. The van der Waals surface area contributed by atoms with Crippen molar-refractivity contribution in [3.8, 4) is 0 Å². The van der Waals surface area contributed by atoms with Gasteiger partial charge in [-0.25, -0.2) is 4.39 Å². The zero-order valence-corrected chi connectivity index (χ0v) is 15.3. The number of unbranched alkanes of at least 4 members (excludes halogenated alkanes) is 2. The number of piperazine rings is 1. The van der Waals surface area contributed by atoms with E-state index in [2.05, 4.69) is 32.7 Å². The number of allylic oxidation sites excluding steroid dienone is 1. The van der Waals surface area contributed by atoms with Crippen molar-refractivity contribution in [1.82, 2.24) is 10.2 Å². The minimum Gasteiger partial charge on any atom is -0.314 e. The lowest BCUT2D eigenvalue weighted by Crippen LogP contribution is -2.45. The summed E-state index contributed by atoms with van der Waals surface area (Å²) in [5, 5.41) is 3.38. The Bertz CT molecular complexity index is 464. The molecule has 1 aliphatic rings. The van der Waals surface area contributed by atoms with Crippen molar-refractivity contribution in [3.63, 3.8) is 0 Å². The first-order valence-electron chi connectivity index (χ1n) is 7.73. The maximum atomic E-state index is 13.9. The fourth-order valence-corrected chi connectivity index (χ4v) is 3.15. The van der Waals surface area contributed by atoms with Crippen molar-refractivity contribution in [1.29, 1.82) is 0 Å². The van der Waals surface area contributed by atoms with Gasteiger partial charge in [0.05, 0.1) is 4.47 Å². The average molecular weight is 392 g/mol. The highest BCUT2D eigenvalue weighted by Crippen LogP contribution is 2.29. The summed E-state index contributed by atoms with van der Waals surface area (Å²) in [4.78, 5) is 2.48. The Morgan fingerprint density at radius 3 is 2.68 bits per heavy atom. The third-order valence-electron chi connectivity index (χ3n) is 4.06. The van der Waals surface area contributed by atoms with Crippen LogP contribution in [0.25, 0.3) is 0 Å². The van der Waals surface area contributed by atoms with Gasteiger partial charge in [-0.3, -0.25) is 4.90 Å². The Morgan fingerprint density at radius 2 is 2.05 bits per heavy atom. The first-order chi connectivity index (χ1) is 10.2. The molecule has 124 valence electrons. The molecule has 5 heteroatoms. The van der Waals surface area contributed by atoms with Crippen molar-refractivity contribution >= 4 is 28.3 Å². The number of benzene rings is 1. The van der Waals surface area contributed by atoms with Crippen LogP contribution in [0.4, 0.5) is 4.39 Å². The van der Waals surface area contributed by atoms with Crippen LogP contribution in [0.2, 0.25) is 0 Å². The Morgan fingerprint density at radius 1 is 1.32 bits per heavy atom. The Kier molecular flexibility index (Phi) is 9.25. The Labute approximate surface area is 147 Å². The van der Waals surface area contributed by atoms with Crippen molar-refractivity contribution in [2.24, 2.45) is 0 Å². The lowest BCUT2D eigenvalue weighted by Gasteiger charge is -2.35. The van der Waals surface area contributed by atoms with Crippen molar-refractivity contribution in [2.75, 3.05) is 26.2 Å². The molecule has 0 unspecified atom stereocenters. The highest BCUT2D eigenvalue weighted by Gasteiger charge is 2.22. The fraction of sp³-hybridized carbons (Fsp3) is 0.529. The van der Waals surface area contributed by atoms with Gasteiger partial charge in [0.25, 0.3) is 0 Å². The number of rotatable bonds is 7. The largest absolute Gasteiger partial charge is 0.314 e. The van der Waals surface area contributed by atoms with Crippen LogP contribution in [0.15, 0.2) is 35.3 Å². The summed E-state index contributed by atoms with van der Waals surface area (Å²) in [5.41, 5.74) is 1.09. The first-order valence-corrected chi connectivity index (χ1v) is 8.52. The summed E-state index contributed by atoms with van der Waals surface area (Å²) in [6.07, 6.45) is 6.42. The van der Waals surface area contributed by atoms with Gasteiger partial charge < -0.3 is 5.32 Å². The summed E-state index contributed by atoms with van der Waals surface area (Å²) in [6.45, 7) is 7.87. The number of nitrogens with zero attached hydrogens (tertiary/aromatic N) is 1. The van der Waals surface area contributed by atoms with Crippen LogP contribution in [-0.4, -0.2) is 31.1 Å². The molecule has 2 nitrogen and oxygen atoms in total. The van der Waals surface area contributed by atoms with Gasteiger partial charge in [-0.05, 0) is 52.9 Å². The molecular weight excluding hydrogens is 367 g/mol. The van der Waals surface area contributed by atoms with Crippen LogP contribution >= 0.6 is 28.3 Å². The lowest BCUT2D eigenvalue weighted by molar-refractivity contribution is 0.162. The summed E-state index contributed by atoms with van der Waals surface area (Å²) in [5.74, 6) is -0.168. The zero-order valence-electron chi connectivity index (χ0n) is 12.9. The number of halogens is 3. The molecule has 1 aromatic carbocycles. The molecule has 1 aliphatic heterocycles. The van der Waals surface area contributed by atoms with E-state index in [-0.39, 0.29) is 18.2 Å². The van der Waals surface area contributed by atoms with E-state index in [1.165, 1.54) is 0 Å². The first kappa shape index (κ1) is 19.6. The highest BCUT2D eigenvalue weighted by molar-refractivity contribution is 9.10. The molecular formula is C17H25BrClFN2. The van der Waals surface area contributed by atoms with E-state index in [1.54, 1.807) is 6.07 Å². The summed E-state index contributed by atoms with van der Waals surface area (Å²) in [7, 11) is 0. The van der Waals surface area contributed by atoms with E-state index in [0.717, 1.165) is 57.4 Å². The van der Waals surface area contributed by atoms with Crippen LogP contribution in [0.3, 0.4) is 0 Å². The van der Waals surface area contributed by atoms with Gasteiger partial charge in [0.15, 0.2) is 0 Å². The summed E-state index contributed by atoms with van der Waals surface area (Å²) in [6, 6.07) is 5.88. The average Bonchev–Trinajstić information content (AvgIpc) is 2.51. The molecule has 2 rings (SSSR count). The van der Waals surface area contributed by atoms with E-state index < -0.39 is 0 Å². The molecule has 1 heterocycles. The van der Waals surface area contributed by atoms with E-state index in [1.807, 2.05) is 18.2 Å². The summed E-state index contributed by atoms with van der Waals surface area (Å²) >= 11 is 3.24. The second kappa shape index (κ2) is 10.4. The van der Waals surface area contributed by atoms with Gasteiger partial charge in [0, 0.05) is 32.2 Å². The zero-order chi connectivity index (χ0) is 15.1. The predicted molar refractivity (Wildman–Crippen MR) is 97.2 cm³/mol. The second-order valence-electron chi connectivity index (χ2n) is 5.55.